The lowest BCUT2D eigenvalue weighted by molar-refractivity contribution is 0.0947. The number of nitrogens with one attached hydrogen (secondary N) is 3. The highest BCUT2D eigenvalue weighted by atomic mass is 16.3. The van der Waals surface area contributed by atoms with Crippen molar-refractivity contribution in [1.29, 1.82) is 0 Å². The summed E-state index contributed by atoms with van der Waals surface area (Å²) in [5.41, 5.74) is 1.58. The summed E-state index contributed by atoms with van der Waals surface area (Å²) in [5, 5.41) is 15.4. The van der Waals surface area contributed by atoms with E-state index >= 15 is 0 Å². The third-order valence-corrected chi connectivity index (χ3v) is 5.58. The number of hydrogen-bond acceptors (Lipinski definition) is 4. The zero-order valence-corrected chi connectivity index (χ0v) is 16.6. The highest BCUT2D eigenvalue weighted by molar-refractivity contribution is 5.99. The minimum atomic E-state index is -0.534. The summed E-state index contributed by atoms with van der Waals surface area (Å²) in [6.45, 7) is 0.323. The number of fused-ring (bicyclic) bond motifs is 1. The van der Waals surface area contributed by atoms with Gasteiger partial charge < -0.3 is 25.3 Å². The molecule has 1 fully saturated rings. The first-order chi connectivity index (χ1) is 14.5. The van der Waals surface area contributed by atoms with Gasteiger partial charge in [-0.3, -0.25) is 14.4 Å². The van der Waals surface area contributed by atoms with E-state index in [1.807, 2.05) is 30.5 Å². The quantitative estimate of drug-likeness (QED) is 0.471. The Morgan fingerprint density at radius 3 is 2.87 bits per heavy atom. The molecule has 0 bridgehead atoms. The van der Waals surface area contributed by atoms with Crippen LogP contribution < -0.4 is 16.2 Å². The summed E-state index contributed by atoms with van der Waals surface area (Å²) in [6.07, 6.45) is 4.80. The van der Waals surface area contributed by atoms with E-state index in [0.717, 1.165) is 22.9 Å². The Labute approximate surface area is 172 Å². The zero-order valence-electron chi connectivity index (χ0n) is 16.6. The summed E-state index contributed by atoms with van der Waals surface area (Å²) in [4.78, 5) is 41.1. The predicted molar refractivity (Wildman–Crippen MR) is 113 cm³/mol. The van der Waals surface area contributed by atoms with Crippen molar-refractivity contribution in [3.05, 3.63) is 69.8 Å². The maximum atomic E-state index is 12.9. The third-order valence-electron chi connectivity index (χ3n) is 5.58. The second-order valence-electron chi connectivity index (χ2n) is 7.60. The molecule has 3 aromatic rings. The number of amides is 2. The number of carbonyl (C=O) groups excluding carboxylic acids is 2. The molecule has 4 N–H and O–H groups in total. The van der Waals surface area contributed by atoms with Crippen molar-refractivity contribution >= 4 is 22.7 Å². The second-order valence-corrected chi connectivity index (χ2v) is 7.60. The summed E-state index contributed by atoms with van der Waals surface area (Å²) in [7, 11) is 1.45. The van der Waals surface area contributed by atoms with Crippen LogP contribution in [-0.2, 0) is 6.54 Å². The van der Waals surface area contributed by atoms with Gasteiger partial charge in [0.2, 0.25) is 0 Å². The summed E-state index contributed by atoms with van der Waals surface area (Å²) >= 11 is 0. The molecular weight excluding hydrogens is 384 g/mol. The second kappa shape index (κ2) is 8.16. The van der Waals surface area contributed by atoms with Crippen molar-refractivity contribution < 1.29 is 14.7 Å². The SMILES string of the molecule is CNC(=O)c1cc(C(=O)N[C@H]2C[C@@H]2CCO)cn(Cc2cccc3[nH]ccc23)c1=O. The first-order valence-electron chi connectivity index (χ1n) is 9.95. The third kappa shape index (κ3) is 3.86. The maximum Gasteiger partial charge on any atom is 0.263 e. The smallest absolute Gasteiger partial charge is 0.263 e. The first-order valence-corrected chi connectivity index (χ1v) is 9.95. The van der Waals surface area contributed by atoms with E-state index < -0.39 is 11.5 Å². The monoisotopic (exact) mass is 408 g/mol. The van der Waals surface area contributed by atoms with Crippen LogP contribution in [0.25, 0.3) is 10.9 Å². The number of aliphatic hydroxyl groups is 1. The zero-order chi connectivity index (χ0) is 21.3. The molecule has 0 spiro atoms. The molecule has 1 aliphatic carbocycles. The van der Waals surface area contributed by atoms with Gasteiger partial charge in [0.05, 0.1) is 12.1 Å². The lowest BCUT2D eigenvalue weighted by Crippen LogP contribution is -2.34. The molecule has 8 heteroatoms. The number of aromatic amines is 1. The number of H-pyrrole nitrogens is 1. The van der Waals surface area contributed by atoms with Gasteiger partial charge in [-0.25, -0.2) is 0 Å². The number of pyridine rings is 1. The van der Waals surface area contributed by atoms with Gasteiger partial charge in [-0.1, -0.05) is 12.1 Å². The lowest BCUT2D eigenvalue weighted by Gasteiger charge is -2.13. The molecule has 4 rings (SSSR count). The minimum absolute atomic E-state index is 0.0158. The molecule has 8 nitrogen and oxygen atoms in total. The van der Waals surface area contributed by atoms with Gasteiger partial charge in [-0.05, 0) is 42.5 Å². The van der Waals surface area contributed by atoms with Crippen molar-refractivity contribution in [3.63, 3.8) is 0 Å². The molecule has 156 valence electrons. The minimum Gasteiger partial charge on any atom is -0.396 e. The fourth-order valence-electron chi connectivity index (χ4n) is 3.81. The van der Waals surface area contributed by atoms with E-state index in [1.54, 1.807) is 0 Å². The largest absolute Gasteiger partial charge is 0.396 e. The number of benzene rings is 1. The molecule has 1 saturated carbocycles. The van der Waals surface area contributed by atoms with Crippen LogP contribution in [0.2, 0.25) is 0 Å². The van der Waals surface area contributed by atoms with Crippen molar-refractivity contribution in [2.24, 2.45) is 5.92 Å². The molecule has 0 saturated heterocycles. The summed E-state index contributed by atoms with van der Waals surface area (Å²) in [5.74, 6) is -0.596. The Morgan fingerprint density at radius 2 is 2.10 bits per heavy atom. The Morgan fingerprint density at radius 1 is 1.27 bits per heavy atom. The fraction of sp³-hybridized carbons (Fsp3) is 0.318. The highest BCUT2D eigenvalue weighted by Crippen LogP contribution is 2.33. The Balaban J connectivity index is 1.68. The topological polar surface area (TPSA) is 116 Å². The molecule has 0 aliphatic heterocycles. The molecule has 2 heterocycles. The van der Waals surface area contributed by atoms with Gasteiger partial charge in [0.25, 0.3) is 17.4 Å². The van der Waals surface area contributed by atoms with E-state index in [4.69, 9.17) is 5.11 Å². The van der Waals surface area contributed by atoms with Crippen molar-refractivity contribution in [3.8, 4) is 0 Å². The lowest BCUT2D eigenvalue weighted by atomic mass is 10.1. The molecule has 1 aromatic carbocycles. The van der Waals surface area contributed by atoms with Crippen molar-refractivity contribution in [2.75, 3.05) is 13.7 Å². The van der Waals surface area contributed by atoms with Crippen LogP contribution >= 0.6 is 0 Å². The molecule has 2 atom stereocenters. The van der Waals surface area contributed by atoms with Crippen molar-refractivity contribution in [1.82, 2.24) is 20.2 Å². The number of carbonyl (C=O) groups is 2. The van der Waals surface area contributed by atoms with Crippen LogP contribution in [0, 0.1) is 5.92 Å². The number of nitrogens with zero attached hydrogens (tertiary/aromatic N) is 1. The molecule has 0 radical (unpaired) electrons. The van der Waals surface area contributed by atoms with Crippen LogP contribution in [-0.4, -0.2) is 46.2 Å². The average Bonchev–Trinajstić information content (AvgIpc) is 3.27. The van der Waals surface area contributed by atoms with Gasteiger partial charge in [-0.15, -0.1) is 0 Å². The van der Waals surface area contributed by atoms with E-state index in [-0.39, 0.29) is 42.1 Å². The number of hydrogen-bond donors (Lipinski definition) is 4. The first kappa shape index (κ1) is 19.9. The average molecular weight is 408 g/mol. The summed E-state index contributed by atoms with van der Waals surface area (Å²) in [6, 6.07) is 9.04. The summed E-state index contributed by atoms with van der Waals surface area (Å²) < 4.78 is 1.40. The van der Waals surface area contributed by atoms with Crippen molar-refractivity contribution in [2.45, 2.75) is 25.4 Å². The van der Waals surface area contributed by atoms with Crippen LogP contribution in [0.4, 0.5) is 0 Å². The van der Waals surface area contributed by atoms with Crippen LogP contribution in [0.1, 0.15) is 39.1 Å². The molecule has 2 amide bonds. The van der Waals surface area contributed by atoms with Gasteiger partial charge in [0, 0.05) is 43.0 Å². The van der Waals surface area contributed by atoms with E-state index in [0.29, 0.717) is 6.42 Å². The number of rotatable bonds is 7. The van der Waals surface area contributed by atoms with E-state index in [1.165, 1.54) is 23.9 Å². The van der Waals surface area contributed by atoms with Gasteiger partial charge >= 0.3 is 0 Å². The number of aliphatic hydroxyl groups excluding tert-OH is 1. The highest BCUT2D eigenvalue weighted by Gasteiger charge is 2.37. The Hall–Kier alpha value is -3.39. The fourth-order valence-corrected chi connectivity index (χ4v) is 3.81. The Bertz CT molecular complexity index is 1160. The predicted octanol–water partition coefficient (Wildman–Crippen LogP) is 1.24. The normalized spacial score (nSPS) is 17.7. The van der Waals surface area contributed by atoms with Gasteiger partial charge in [0.1, 0.15) is 5.56 Å². The molecule has 1 aliphatic rings. The molecule has 2 aromatic heterocycles. The van der Waals surface area contributed by atoms with Gasteiger partial charge in [0.15, 0.2) is 0 Å². The van der Waals surface area contributed by atoms with Gasteiger partial charge in [-0.2, -0.15) is 0 Å². The Kier molecular flexibility index (Phi) is 5.41. The van der Waals surface area contributed by atoms with E-state index in [9.17, 15) is 14.4 Å². The number of aromatic nitrogens is 2. The maximum absolute atomic E-state index is 12.9. The van der Waals surface area contributed by atoms with E-state index in [2.05, 4.69) is 15.6 Å². The molecule has 0 unspecified atom stereocenters. The standard InChI is InChI=1S/C22H24N4O4/c1-23-21(29)17-9-15(20(28)25-19-10-13(19)6-8-27)12-26(22(17)30)11-14-3-2-4-18-16(14)5-7-24-18/h2-5,7,9,12-13,19,24,27H,6,8,10-11H2,1H3,(H,23,29)(H,25,28)/t13-,19-/m0/s1. The van der Waals surface area contributed by atoms with Crippen LogP contribution in [0.5, 0.6) is 0 Å². The molecular formula is C22H24N4O4. The van der Waals surface area contributed by atoms with Crippen LogP contribution in [0.15, 0.2) is 47.5 Å². The van der Waals surface area contributed by atoms with Crippen LogP contribution in [0.3, 0.4) is 0 Å². The molecule has 30 heavy (non-hydrogen) atoms.